The molecule has 2 heterocycles. The molecule has 0 unspecified atom stereocenters. The predicted octanol–water partition coefficient (Wildman–Crippen LogP) is 14.6. The molecule has 0 spiro atoms. The molecule has 0 aliphatic carbocycles. The molecule has 9 aromatic carbocycles. The fraction of sp³-hybridized carbons (Fsp3) is 0. The van der Waals surface area contributed by atoms with Gasteiger partial charge in [0, 0.05) is 44.3 Å². The average Bonchev–Trinajstić information content (AvgIpc) is 3.79. The van der Waals surface area contributed by atoms with Gasteiger partial charge in [-0.2, -0.15) is 0 Å². The second-order valence-electron chi connectivity index (χ2n) is 14.1. The van der Waals surface area contributed by atoms with Gasteiger partial charge in [-0.15, -0.1) is 0 Å². The molecule has 0 aliphatic heterocycles. The van der Waals surface area contributed by atoms with Crippen LogP contribution in [0.1, 0.15) is 0 Å². The predicted molar refractivity (Wildman–Crippen MR) is 231 cm³/mol. The third kappa shape index (κ3) is 5.13. The van der Waals surface area contributed by atoms with Crippen LogP contribution in [-0.4, -0.2) is 4.57 Å². The van der Waals surface area contributed by atoms with Crippen LogP contribution in [0.25, 0.3) is 82.5 Å². The maximum Gasteiger partial charge on any atom is 0.135 e. The first-order valence-electron chi connectivity index (χ1n) is 18.8. The number of para-hydroxylation sites is 3. The van der Waals surface area contributed by atoms with E-state index in [2.05, 4.69) is 204 Å². The van der Waals surface area contributed by atoms with E-state index in [1.807, 2.05) is 12.1 Å². The first-order valence-corrected chi connectivity index (χ1v) is 18.8. The summed E-state index contributed by atoms with van der Waals surface area (Å²) in [7, 11) is 0. The second-order valence-corrected chi connectivity index (χ2v) is 14.1. The molecular formula is C52H34N2O. The Morgan fingerprint density at radius 2 is 1.00 bits per heavy atom. The van der Waals surface area contributed by atoms with Gasteiger partial charge in [-0.1, -0.05) is 133 Å². The highest BCUT2D eigenvalue weighted by atomic mass is 16.3. The lowest BCUT2D eigenvalue weighted by Gasteiger charge is -2.26. The first-order chi connectivity index (χ1) is 27.3. The van der Waals surface area contributed by atoms with Gasteiger partial charge in [0.25, 0.3) is 0 Å². The van der Waals surface area contributed by atoms with Crippen molar-refractivity contribution in [2.24, 2.45) is 0 Å². The normalized spacial score (nSPS) is 11.6. The number of anilines is 3. The number of benzene rings is 9. The van der Waals surface area contributed by atoms with Crippen molar-refractivity contribution in [3.63, 3.8) is 0 Å². The Morgan fingerprint density at radius 3 is 1.84 bits per heavy atom. The molecule has 0 amide bonds. The average molecular weight is 703 g/mol. The maximum absolute atomic E-state index is 6.25. The zero-order valence-electron chi connectivity index (χ0n) is 29.9. The molecule has 11 rings (SSSR count). The highest BCUT2D eigenvalue weighted by Gasteiger charge is 2.21. The van der Waals surface area contributed by atoms with Crippen LogP contribution in [0.3, 0.4) is 0 Å². The van der Waals surface area contributed by atoms with E-state index in [9.17, 15) is 0 Å². The van der Waals surface area contributed by atoms with Crippen molar-refractivity contribution < 1.29 is 4.42 Å². The third-order valence-corrected chi connectivity index (χ3v) is 10.9. The molecule has 11 aromatic rings. The van der Waals surface area contributed by atoms with E-state index < -0.39 is 0 Å². The Kier molecular flexibility index (Phi) is 7.17. The summed E-state index contributed by atoms with van der Waals surface area (Å²) in [4.78, 5) is 2.36. The van der Waals surface area contributed by atoms with Gasteiger partial charge in [-0.25, -0.2) is 0 Å². The molecule has 0 saturated carbocycles. The number of furan rings is 1. The number of rotatable bonds is 6. The second kappa shape index (κ2) is 12.6. The topological polar surface area (TPSA) is 21.3 Å². The van der Waals surface area contributed by atoms with Gasteiger partial charge in [-0.05, 0) is 106 Å². The summed E-state index contributed by atoms with van der Waals surface area (Å²) in [5, 5.41) is 7.17. The van der Waals surface area contributed by atoms with Crippen LogP contribution in [-0.2, 0) is 0 Å². The van der Waals surface area contributed by atoms with Crippen LogP contribution in [0.4, 0.5) is 17.1 Å². The summed E-state index contributed by atoms with van der Waals surface area (Å²) in [6.07, 6.45) is 0. The van der Waals surface area contributed by atoms with Crippen molar-refractivity contribution in [3.8, 4) is 27.9 Å². The molecule has 0 saturated heterocycles. The van der Waals surface area contributed by atoms with Crippen molar-refractivity contribution >= 4 is 71.6 Å². The zero-order chi connectivity index (χ0) is 36.3. The van der Waals surface area contributed by atoms with E-state index in [0.29, 0.717) is 0 Å². The Hall–Kier alpha value is -7.36. The maximum atomic E-state index is 6.25. The molecule has 0 bridgehead atoms. The molecule has 0 N–H and O–H groups in total. The van der Waals surface area contributed by atoms with Gasteiger partial charge >= 0.3 is 0 Å². The van der Waals surface area contributed by atoms with E-state index in [0.717, 1.165) is 44.7 Å². The van der Waals surface area contributed by atoms with Gasteiger partial charge in [0.1, 0.15) is 11.2 Å². The molecule has 0 aliphatic rings. The van der Waals surface area contributed by atoms with E-state index in [1.54, 1.807) is 0 Å². The molecule has 0 atom stereocenters. The van der Waals surface area contributed by atoms with Crippen LogP contribution in [0, 0.1) is 0 Å². The molecule has 2 aromatic heterocycles. The third-order valence-electron chi connectivity index (χ3n) is 10.9. The number of fused-ring (bicyclic) bond motifs is 7. The highest BCUT2D eigenvalue weighted by molar-refractivity contribution is 6.23. The van der Waals surface area contributed by atoms with Crippen molar-refractivity contribution in [1.29, 1.82) is 0 Å². The lowest BCUT2D eigenvalue weighted by molar-refractivity contribution is 0.669. The van der Waals surface area contributed by atoms with E-state index >= 15 is 0 Å². The quantitative estimate of drug-likeness (QED) is 0.172. The lowest BCUT2D eigenvalue weighted by Crippen LogP contribution is -2.10. The Morgan fingerprint density at radius 1 is 0.364 bits per heavy atom. The Bertz CT molecular complexity index is 3190. The van der Waals surface area contributed by atoms with Crippen LogP contribution in [0.15, 0.2) is 211 Å². The SMILES string of the molecule is c1ccc(-c2cccc(N(c3ccc(-c4c5ccccc5cc5c4c4ccccc4n5-c4ccccc4)cc3)c3ccc4oc5ccccc5c4c3)c2)cc1. The first kappa shape index (κ1) is 31.2. The van der Waals surface area contributed by atoms with Gasteiger partial charge in [-0.3, -0.25) is 0 Å². The van der Waals surface area contributed by atoms with E-state index in [1.165, 1.54) is 54.8 Å². The van der Waals surface area contributed by atoms with Gasteiger partial charge < -0.3 is 13.9 Å². The number of hydrogen-bond donors (Lipinski definition) is 0. The smallest absolute Gasteiger partial charge is 0.135 e. The Labute approximate surface area is 318 Å². The molecular weight excluding hydrogens is 669 g/mol. The van der Waals surface area contributed by atoms with Crippen molar-refractivity contribution in [3.05, 3.63) is 206 Å². The number of nitrogens with zero attached hydrogens (tertiary/aromatic N) is 2. The molecule has 3 heteroatoms. The van der Waals surface area contributed by atoms with Gasteiger partial charge in [0.2, 0.25) is 0 Å². The molecule has 0 radical (unpaired) electrons. The fourth-order valence-electron chi connectivity index (χ4n) is 8.48. The largest absolute Gasteiger partial charge is 0.456 e. The monoisotopic (exact) mass is 702 g/mol. The van der Waals surface area contributed by atoms with Gasteiger partial charge in [0.05, 0.1) is 11.0 Å². The zero-order valence-corrected chi connectivity index (χ0v) is 29.9. The minimum Gasteiger partial charge on any atom is -0.456 e. The molecule has 0 fully saturated rings. The minimum absolute atomic E-state index is 0.882. The molecule has 55 heavy (non-hydrogen) atoms. The van der Waals surface area contributed by atoms with Crippen LogP contribution in [0.2, 0.25) is 0 Å². The summed E-state index contributed by atoms with van der Waals surface area (Å²) >= 11 is 0. The van der Waals surface area contributed by atoms with Crippen LogP contribution < -0.4 is 4.90 Å². The van der Waals surface area contributed by atoms with Crippen LogP contribution >= 0.6 is 0 Å². The van der Waals surface area contributed by atoms with Crippen molar-refractivity contribution in [2.45, 2.75) is 0 Å². The summed E-state index contributed by atoms with van der Waals surface area (Å²) in [5.74, 6) is 0. The van der Waals surface area contributed by atoms with Crippen molar-refractivity contribution in [1.82, 2.24) is 4.57 Å². The fourth-order valence-corrected chi connectivity index (χ4v) is 8.48. The van der Waals surface area contributed by atoms with Gasteiger partial charge in [0.15, 0.2) is 0 Å². The minimum atomic E-state index is 0.882. The van der Waals surface area contributed by atoms with E-state index in [4.69, 9.17) is 4.42 Å². The molecule has 3 nitrogen and oxygen atoms in total. The lowest BCUT2D eigenvalue weighted by atomic mass is 9.93. The van der Waals surface area contributed by atoms with Crippen molar-refractivity contribution in [2.75, 3.05) is 4.90 Å². The summed E-state index contributed by atoms with van der Waals surface area (Å²) in [5.41, 5.74) is 13.3. The van der Waals surface area contributed by atoms with Crippen LogP contribution in [0.5, 0.6) is 0 Å². The van der Waals surface area contributed by atoms with E-state index in [-0.39, 0.29) is 0 Å². The number of aromatic nitrogens is 1. The summed E-state index contributed by atoms with van der Waals surface area (Å²) in [6, 6.07) is 74.0. The highest BCUT2D eigenvalue weighted by Crippen LogP contribution is 2.45. The standard InChI is InChI=1S/C52H34N2O/c1-3-14-35(15-4-1)37-17-13-20-41(32-37)53(42-30-31-50-46(34-42)44-22-10-12-25-49(44)55-50)40-28-26-36(27-29-40)51-43-21-8-7-16-38(43)33-48-52(51)45-23-9-11-24-47(45)54(48)39-18-5-2-6-19-39/h1-34H. The number of hydrogen-bond acceptors (Lipinski definition) is 2. The summed E-state index contributed by atoms with van der Waals surface area (Å²) < 4.78 is 8.66. The Balaban J connectivity index is 1.12. The summed E-state index contributed by atoms with van der Waals surface area (Å²) in [6.45, 7) is 0. The molecule has 258 valence electrons.